The summed E-state index contributed by atoms with van der Waals surface area (Å²) in [5, 5.41) is 7.15. The first-order chi connectivity index (χ1) is 14.0. The van der Waals surface area contributed by atoms with E-state index in [9.17, 15) is 0 Å². The monoisotopic (exact) mass is 413 g/mol. The molecule has 3 rings (SSSR count). The van der Waals surface area contributed by atoms with Crippen LogP contribution in [0.2, 0.25) is 0 Å². The number of benzene rings is 1. The van der Waals surface area contributed by atoms with Gasteiger partial charge in [-0.1, -0.05) is 25.5 Å². The minimum Gasteiger partial charge on any atom is -0.497 e. The van der Waals surface area contributed by atoms with Gasteiger partial charge in [0, 0.05) is 16.7 Å². The molecule has 0 amide bonds. The number of hydrogen-bond donors (Lipinski definition) is 0. The smallest absolute Gasteiger partial charge is 0.206 e. The van der Waals surface area contributed by atoms with Crippen LogP contribution in [0.4, 0.5) is 0 Å². The molecule has 156 valence electrons. The molecule has 1 heterocycles. The maximum absolute atomic E-state index is 5.62. The van der Waals surface area contributed by atoms with Crippen LogP contribution in [0.1, 0.15) is 46.0 Å². The fraction of sp³-hybridized carbons (Fsp3) is 0.478. The summed E-state index contributed by atoms with van der Waals surface area (Å²) >= 11 is 1.59. The average Bonchev–Trinajstić information content (AvgIpc) is 3.14. The van der Waals surface area contributed by atoms with Crippen molar-refractivity contribution in [3.05, 3.63) is 40.5 Å². The van der Waals surface area contributed by atoms with Crippen LogP contribution in [-0.2, 0) is 0 Å². The molecule has 0 N–H and O–H groups in total. The molecule has 1 aromatic carbocycles. The van der Waals surface area contributed by atoms with Gasteiger partial charge in [-0.25, -0.2) is 4.68 Å². The lowest BCUT2D eigenvalue weighted by Crippen LogP contribution is -2.19. The molecule has 0 radical (unpaired) electrons. The molecule has 0 aliphatic heterocycles. The maximum atomic E-state index is 5.62. The number of ether oxygens (including phenoxy) is 2. The minimum atomic E-state index is 0.595. The molecule has 1 saturated carbocycles. The van der Waals surface area contributed by atoms with Gasteiger partial charge in [-0.2, -0.15) is 5.10 Å². The van der Waals surface area contributed by atoms with Crippen molar-refractivity contribution in [1.82, 2.24) is 4.68 Å². The van der Waals surface area contributed by atoms with E-state index in [1.807, 2.05) is 29.8 Å². The van der Waals surface area contributed by atoms with Crippen molar-refractivity contribution in [2.75, 3.05) is 20.8 Å². The molecule has 1 fully saturated rings. The molecule has 0 bridgehead atoms. The normalized spacial score (nSPS) is 17.3. The first kappa shape index (κ1) is 21.4. The molecular formula is C23H31N3O2S. The molecule has 0 unspecified atom stereocenters. The molecule has 6 heteroatoms. The Hall–Kier alpha value is -2.34. The highest BCUT2D eigenvalue weighted by molar-refractivity contribution is 7.07. The molecule has 0 spiro atoms. The van der Waals surface area contributed by atoms with Gasteiger partial charge in [0.15, 0.2) is 0 Å². The standard InChI is InChI=1S/C23H31N3O2S/c1-6-17-7-9-18(10-8-17)25-26-21(15-29-23(26)24-14-16(2)3)20-13-19(27-4)11-12-22(20)28-5/h11-13,15,17H,2,6-10,14H2,1,3-5H3. The molecule has 2 aromatic rings. The molecule has 1 aromatic heterocycles. The molecule has 1 aliphatic rings. The van der Waals surface area contributed by atoms with E-state index < -0.39 is 0 Å². The maximum Gasteiger partial charge on any atom is 0.206 e. The van der Waals surface area contributed by atoms with Gasteiger partial charge in [-0.3, -0.25) is 4.99 Å². The van der Waals surface area contributed by atoms with Gasteiger partial charge in [0.1, 0.15) is 11.5 Å². The van der Waals surface area contributed by atoms with Crippen molar-refractivity contribution in [2.45, 2.75) is 46.0 Å². The van der Waals surface area contributed by atoms with Crippen molar-refractivity contribution in [3.8, 4) is 22.8 Å². The number of nitrogens with zero attached hydrogens (tertiary/aromatic N) is 3. The van der Waals surface area contributed by atoms with Gasteiger partial charge >= 0.3 is 0 Å². The molecule has 1 aliphatic carbocycles. The summed E-state index contributed by atoms with van der Waals surface area (Å²) in [5.74, 6) is 2.40. The zero-order chi connectivity index (χ0) is 20.8. The number of thiazole rings is 1. The average molecular weight is 414 g/mol. The Bertz CT molecular complexity index is 945. The van der Waals surface area contributed by atoms with Crippen LogP contribution >= 0.6 is 11.3 Å². The Morgan fingerprint density at radius 2 is 2.00 bits per heavy atom. The third kappa shape index (κ3) is 5.18. The quantitative estimate of drug-likeness (QED) is 0.562. The first-order valence-electron chi connectivity index (χ1n) is 10.2. The van der Waals surface area contributed by atoms with Gasteiger partial charge in [-0.05, 0) is 56.7 Å². The van der Waals surface area contributed by atoms with Gasteiger partial charge in [0.25, 0.3) is 0 Å². The van der Waals surface area contributed by atoms with E-state index in [1.165, 1.54) is 25.0 Å². The van der Waals surface area contributed by atoms with E-state index in [2.05, 4.69) is 18.9 Å². The van der Waals surface area contributed by atoms with Crippen molar-refractivity contribution < 1.29 is 9.47 Å². The van der Waals surface area contributed by atoms with E-state index in [-0.39, 0.29) is 0 Å². The van der Waals surface area contributed by atoms with Crippen LogP contribution in [0.25, 0.3) is 11.3 Å². The largest absolute Gasteiger partial charge is 0.497 e. The summed E-state index contributed by atoms with van der Waals surface area (Å²) in [4.78, 5) is 5.62. The fourth-order valence-electron chi connectivity index (χ4n) is 3.57. The van der Waals surface area contributed by atoms with Crippen LogP contribution in [0, 0.1) is 5.92 Å². The van der Waals surface area contributed by atoms with E-state index in [1.54, 1.807) is 25.6 Å². The lowest BCUT2D eigenvalue weighted by atomic mass is 9.86. The Morgan fingerprint density at radius 1 is 1.24 bits per heavy atom. The molecular weight excluding hydrogens is 382 g/mol. The third-order valence-corrected chi connectivity index (χ3v) is 6.21. The number of hydrogen-bond acceptors (Lipinski definition) is 5. The molecule has 0 atom stereocenters. The van der Waals surface area contributed by atoms with Crippen LogP contribution in [0.5, 0.6) is 11.5 Å². The third-order valence-electron chi connectivity index (χ3n) is 5.35. The van der Waals surface area contributed by atoms with Gasteiger partial charge in [0.05, 0.1) is 26.5 Å². The highest BCUT2D eigenvalue weighted by Crippen LogP contribution is 2.34. The zero-order valence-electron chi connectivity index (χ0n) is 17.9. The van der Waals surface area contributed by atoms with Crippen LogP contribution in [0.15, 0.2) is 45.8 Å². The van der Waals surface area contributed by atoms with Crippen molar-refractivity contribution >= 4 is 17.0 Å². The van der Waals surface area contributed by atoms with E-state index in [0.717, 1.165) is 51.9 Å². The van der Waals surface area contributed by atoms with Crippen molar-refractivity contribution in [1.29, 1.82) is 0 Å². The second-order valence-corrected chi connectivity index (χ2v) is 8.41. The Balaban J connectivity index is 2.09. The predicted molar refractivity (Wildman–Crippen MR) is 121 cm³/mol. The first-order valence-corrected chi connectivity index (χ1v) is 11.1. The van der Waals surface area contributed by atoms with E-state index in [4.69, 9.17) is 19.6 Å². The summed E-state index contributed by atoms with van der Waals surface area (Å²) < 4.78 is 13.0. The zero-order valence-corrected chi connectivity index (χ0v) is 18.7. The lowest BCUT2D eigenvalue weighted by Gasteiger charge is -2.21. The lowest BCUT2D eigenvalue weighted by molar-refractivity contribution is 0.404. The van der Waals surface area contributed by atoms with Gasteiger partial charge in [-0.15, -0.1) is 11.3 Å². The van der Waals surface area contributed by atoms with Gasteiger partial charge in [0.2, 0.25) is 4.80 Å². The van der Waals surface area contributed by atoms with Crippen LogP contribution < -0.4 is 14.3 Å². The van der Waals surface area contributed by atoms with Crippen molar-refractivity contribution in [3.63, 3.8) is 0 Å². The van der Waals surface area contributed by atoms with Crippen LogP contribution in [0.3, 0.4) is 0 Å². The Labute approximate surface area is 177 Å². The second kappa shape index (κ2) is 9.92. The van der Waals surface area contributed by atoms with Crippen molar-refractivity contribution in [2.24, 2.45) is 16.0 Å². The van der Waals surface area contributed by atoms with Crippen LogP contribution in [-0.4, -0.2) is 31.2 Å². The molecule has 0 saturated heterocycles. The predicted octanol–water partition coefficient (Wildman–Crippen LogP) is 5.51. The minimum absolute atomic E-state index is 0.595. The summed E-state index contributed by atoms with van der Waals surface area (Å²) in [6.07, 6.45) is 5.79. The number of methoxy groups -OCH3 is 2. The summed E-state index contributed by atoms with van der Waals surface area (Å²) in [6, 6.07) is 5.83. The second-order valence-electron chi connectivity index (χ2n) is 7.57. The summed E-state index contributed by atoms with van der Waals surface area (Å²) in [7, 11) is 3.36. The number of aromatic nitrogens is 1. The molecule has 5 nitrogen and oxygen atoms in total. The van der Waals surface area contributed by atoms with E-state index in [0.29, 0.717) is 6.54 Å². The Morgan fingerprint density at radius 3 is 2.62 bits per heavy atom. The number of rotatable bonds is 7. The summed E-state index contributed by atoms with van der Waals surface area (Å²) in [6.45, 7) is 8.84. The SMILES string of the molecule is C=C(C)CN=c1scc(-c2cc(OC)ccc2OC)n1N=C1CCC(CC)CC1. The highest BCUT2D eigenvalue weighted by Gasteiger charge is 2.18. The van der Waals surface area contributed by atoms with E-state index >= 15 is 0 Å². The topological polar surface area (TPSA) is 48.1 Å². The fourth-order valence-corrected chi connectivity index (χ4v) is 4.39. The summed E-state index contributed by atoms with van der Waals surface area (Å²) in [5.41, 5.74) is 4.19. The highest BCUT2D eigenvalue weighted by atomic mass is 32.1. The Kier molecular flexibility index (Phi) is 7.31. The van der Waals surface area contributed by atoms with Gasteiger partial charge < -0.3 is 9.47 Å². The molecule has 29 heavy (non-hydrogen) atoms.